The first-order valence-electron chi connectivity index (χ1n) is 6.48. The minimum atomic E-state index is -0.737. The van der Waals surface area contributed by atoms with Crippen molar-refractivity contribution in [2.24, 2.45) is 0 Å². The van der Waals surface area contributed by atoms with Gasteiger partial charge in [0.2, 0.25) is 0 Å². The molecule has 1 aliphatic rings. The molecule has 21 heavy (non-hydrogen) atoms. The lowest BCUT2D eigenvalue weighted by Crippen LogP contribution is -2.45. The molecule has 0 aromatic heterocycles. The molecule has 1 aromatic rings. The number of nitrogens with zero attached hydrogens (tertiary/aromatic N) is 1. The second-order valence-electron chi connectivity index (χ2n) is 4.43. The summed E-state index contributed by atoms with van der Waals surface area (Å²) in [5, 5.41) is 2.48. The maximum atomic E-state index is 11.9. The number of hydrogen-bond acceptors (Lipinski definition) is 5. The summed E-state index contributed by atoms with van der Waals surface area (Å²) < 4.78 is 9.72. The largest absolute Gasteiger partial charge is 0.465 e. The molecule has 0 bridgehead atoms. The molecule has 0 spiro atoms. The zero-order valence-corrected chi connectivity index (χ0v) is 11.6. The van der Waals surface area contributed by atoms with Crippen LogP contribution in [0.2, 0.25) is 0 Å². The molecule has 2 amide bonds. The van der Waals surface area contributed by atoms with Gasteiger partial charge in [-0.2, -0.15) is 0 Å². The average Bonchev–Trinajstić information content (AvgIpc) is 2.54. The summed E-state index contributed by atoms with van der Waals surface area (Å²) >= 11 is 0. The van der Waals surface area contributed by atoms with Gasteiger partial charge in [0.05, 0.1) is 25.9 Å². The highest BCUT2D eigenvalue weighted by atomic mass is 16.5. The molecule has 0 aliphatic carbocycles. The van der Waals surface area contributed by atoms with E-state index in [4.69, 9.17) is 4.74 Å². The molecule has 1 fully saturated rings. The summed E-state index contributed by atoms with van der Waals surface area (Å²) in [6, 6.07) is 6.21. The maximum Gasteiger partial charge on any atom is 0.337 e. The van der Waals surface area contributed by atoms with Crippen molar-refractivity contribution in [1.82, 2.24) is 4.90 Å². The minimum absolute atomic E-state index is 0.300. The fraction of sp³-hybridized carbons (Fsp3) is 0.357. The molecule has 0 radical (unpaired) electrons. The fourth-order valence-corrected chi connectivity index (χ4v) is 1.94. The summed E-state index contributed by atoms with van der Waals surface area (Å²) in [6.45, 7) is 1.65. The molecule has 7 heteroatoms. The first-order valence-corrected chi connectivity index (χ1v) is 6.48. The molecular formula is C14H16N2O5. The lowest BCUT2D eigenvalue weighted by atomic mass is 10.2. The van der Waals surface area contributed by atoms with Gasteiger partial charge in [0.25, 0.3) is 0 Å². The molecule has 0 saturated carbocycles. The Morgan fingerprint density at radius 2 is 1.95 bits per heavy atom. The number of carbonyl (C=O) groups is 3. The molecular weight excluding hydrogens is 276 g/mol. The topological polar surface area (TPSA) is 84.9 Å². The maximum absolute atomic E-state index is 11.9. The van der Waals surface area contributed by atoms with Gasteiger partial charge in [-0.15, -0.1) is 0 Å². The van der Waals surface area contributed by atoms with E-state index in [0.29, 0.717) is 37.6 Å². The second kappa shape index (κ2) is 6.85. The predicted octanol–water partition coefficient (Wildman–Crippen LogP) is 0.270. The average molecular weight is 292 g/mol. The number of carbonyl (C=O) groups excluding carboxylic acids is 3. The molecule has 1 heterocycles. The lowest BCUT2D eigenvalue weighted by molar-refractivity contribution is -0.145. The molecule has 112 valence electrons. The number of methoxy groups -OCH3 is 1. The number of morpholine rings is 1. The van der Waals surface area contributed by atoms with Crippen LogP contribution < -0.4 is 5.32 Å². The third-order valence-corrected chi connectivity index (χ3v) is 3.03. The zero-order chi connectivity index (χ0) is 15.2. The van der Waals surface area contributed by atoms with Crippen LogP contribution in [-0.2, 0) is 19.1 Å². The van der Waals surface area contributed by atoms with Gasteiger partial charge in [0.1, 0.15) is 0 Å². The third kappa shape index (κ3) is 3.79. The number of amides is 2. The molecule has 7 nitrogen and oxygen atoms in total. The molecule has 1 saturated heterocycles. The Morgan fingerprint density at radius 1 is 1.24 bits per heavy atom. The van der Waals surface area contributed by atoms with Gasteiger partial charge in [-0.3, -0.25) is 9.59 Å². The van der Waals surface area contributed by atoms with Crippen LogP contribution in [0.15, 0.2) is 24.3 Å². The Bertz CT molecular complexity index is 552. The van der Waals surface area contributed by atoms with Crippen LogP contribution >= 0.6 is 0 Å². The van der Waals surface area contributed by atoms with E-state index in [0.717, 1.165) is 0 Å². The van der Waals surface area contributed by atoms with Gasteiger partial charge >= 0.3 is 17.8 Å². The highest BCUT2D eigenvalue weighted by Crippen LogP contribution is 2.12. The zero-order valence-electron chi connectivity index (χ0n) is 11.6. The van der Waals surface area contributed by atoms with Gasteiger partial charge < -0.3 is 19.7 Å². The predicted molar refractivity (Wildman–Crippen MR) is 73.8 cm³/mol. The van der Waals surface area contributed by atoms with Gasteiger partial charge in [0.15, 0.2) is 0 Å². The van der Waals surface area contributed by atoms with Crippen molar-refractivity contribution in [1.29, 1.82) is 0 Å². The van der Waals surface area contributed by atoms with Gasteiger partial charge in [-0.1, -0.05) is 6.07 Å². The minimum Gasteiger partial charge on any atom is -0.465 e. The fourth-order valence-electron chi connectivity index (χ4n) is 1.94. The number of benzene rings is 1. The number of esters is 1. The van der Waals surface area contributed by atoms with E-state index in [1.165, 1.54) is 18.1 Å². The van der Waals surface area contributed by atoms with Crippen molar-refractivity contribution in [3.63, 3.8) is 0 Å². The van der Waals surface area contributed by atoms with Gasteiger partial charge in [-0.05, 0) is 18.2 Å². The monoisotopic (exact) mass is 292 g/mol. The van der Waals surface area contributed by atoms with Gasteiger partial charge in [0, 0.05) is 18.8 Å². The highest BCUT2D eigenvalue weighted by molar-refractivity contribution is 6.39. The summed E-state index contributed by atoms with van der Waals surface area (Å²) in [6.07, 6.45) is 0. The van der Waals surface area contributed by atoms with Crippen molar-refractivity contribution >= 4 is 23.5 Å². The molecule has 0 atom stereocenters. The Morgan fingerprint density at radius 3 is 2.62 bits per heavy atom. The summed E-state index contributed by atoms with van der Waals surface area (Å²) in [5.41, 5.74) is 0.665. The van der Waals surface area contributed by atoms with E-state index in [2.05, 4.69) is 10.1 Å². The second-order valence-corrected chi connectivity index (χ2v) is 4.43. The molecule has 1 aromatic carbocycles. The Labute approximate surface area is 121 Å². The van der Waals surface area contributed by atoms with E-state index in [9.17, 15) is 14.4 Å². The SMILES string of the molecule is COC(=O)c1cccc(NC(=O)C(=O)N2CCOCC2)c1. The highest BCUT2D eigenvalue weighted by Gasteiger charge is 2.23. The quantitative estimate of drug-likeness (QED) is 0.625. The Balaban J connectivity index is 2.01. The van der Waals surface area contributed by atoms with E-state index in [1.54, 1.807) is 18.2 Å². The molecule has 1 N–H and O–H groups in total. The third-order valence-electron chi connectivity index (χ3n) is 3.03. The molecule has 1 aliphatic heterocycles. The van der Waals surface area contributed by atoms with Crippen LogP contribution in [0.4, 0.5) is 5.69 Å². The van der Waals surface area contributed by atoms with Crippen molar-refractivity contribution < 1.29 is 23.9 Å². The lowest BCUT2D eigenvalue weighted by Gasteiger charge is -2.26. The smallest absolute Gasteiger partial charge is 0.337 e. The van der Waals surface area contributed by atoms with E-state index in [-0.39, 0.29) is 0 Å². The number of rotatable bonds is 2. The molecule has 0 unspecified atom stereocenters. The van der Waals surface area contributed by atoms with Crippen molar-refractivity contribution in [3.05, 3.63) is 29.8 Å². The van der Waals surface area contributed by atoms with E-state index in [1.807, 2.05) is 0 Å². The van der Waals surface area contributed by atoms with Gasteiger partial charge in [-0.25, -0.2) is 4.79 Å². The first-order chi connectivity index (χ1) is 10.1. The summed E-state index contributed by atoms with van der Waals surface area (Å²) in [5.74, 6) is -1.86. The van der Waals surface area contributed by atoms with Crippen molar-refractivity contribution in [2.75, 3.05) is 38.7 Å². The first kappa shape index (κ1) is 15.0. The Kier molecular flexibility index (Phi) is 4.89. The van der Waals surface area contributed by atoms with E-state index < -0.39 is 17.8 Å². The van der Waals surface area contributed by atoms with Crippen molar-refractivity contribution in [2.45, 2.75) is 0 Å². The summed E-state index contributed by atoms with van der Waals surface area (Å²) in [7, 11) is 1.27. The van der Waals surface area contributed by atoms with Crippen LogP contribution in [0.3, 0.4) is 0 Å². The standard InChI is InChI=1S/C14H16N2O5/c1-20-14(19)10-3-2-4-11(9-10)15-12(17)13(18)16-5-7-21-8-6-16/h2-4,9H,5-8H2,1H3,(H,15,17). The Hall–Kier alpha value is -2.41. The number of anilines is 1. The van der Waals surface area contributed by atoms with Crippen LogP contribution in [0.1, 0.15) is 10.4 Å². The van der Waals surface area contributed by atoms with Crippen molar-refractivity contribution in [3.8, 4) is 0 Å². The van der Waals surface area contributed by atoms with Crippen LogP contribution in [-0.4, -0.2) is 56.1 Å². The van der Waals surface area contributed by atoms with Crippen LogP contribution in [0.5, 0.6) is 0 Å². The number of hydrogen-bond donors (Lipinski definition) is 1. The normalized spacial score (nSPS) is 14.4. The van der Waals surface area contributed by atoms with Crippen LogP contribution in [0.25, 0.3) is 0 Å². The number of nitrogens with one attached hydrogen (secondary N) is 1. The number of ether oxygens (including phenoxy) is 2. The molecule has 2 rings (SSSR count). The summed E-state index contributed by atoms with van der Waals surface area (Å²) in [4.78, 5) is 36.7. The van der Waals surface area contributed by atoms with E-state index >= 15 is 0 Å². The van der Waals surface area contributed by atoms with Crippen LogP contribution in [0, 0.1) is 0 Å².